The molecule has 0 amide bonds. The van der Waals surface area contributed by atoms with E-state index in [9.17, 15) is 4.79 Å². The number of nitrogens with one attached hydrogen (secondary N) is 1. The van der Waals surface area contributed by atoms with Crippen molar-refractivity contribution in [2.45, 2.75) is 10.6 Å². The van der Waals surface area contributed by atoms with Gasteiger partial charge in [-0.15, -0.1) is 11.8 Å². The van der Waals surface area contributed by atoms with Gasteiger partial charge in [-0.05, 0) is 17.7 Å². The maximum absolute atomic E-state index is 12.5. The van der Waals surface area contributed by atoms with Crippen molar-refractivity contribution in [1.82, 2.24) is 9.78 Å². The summed E-state index contributed by atoms with van der Waals surface area (Å²) in [5.74, 6) is 0.852. The molecular weight excluding hydrogens is 268 g/mol. The van der Waals surface area contributed by atoms with E-state index in [1.165, 1.54) is 5.56 Å². The van der Waals surface area contributed by atoms with Crippen LogP contribution in [0.5, 0.6) is 0 Å². The molecule has 20 heavy (non-hydrogen) atoms. The van der Waals surface area contributed by atoms with E-state index in [2.05, 4.69) is 17.2 Å². The number of fused-ring (bicyclic) bond motifs is 3. The third-order valence-corrected chi connectivity index (χ3v) is 4.64. The molecule has 4 rings (SSSR count). The van der Waals surface area contributed by atoms with Crippen LogP contribution in [0.1, 0.15) is 5.56 Å². The molecule has 3 aromatic rings. The molecule has 1 aliphatic rings. The average molecular weight is 280 g/mol. The summed E-state index contributed by atoms with van der Waals surface area (Å²) >= 11 is 1.61. The minimum Gasteiger partial charge on any atom is -0.289 e. The molecule has 0 atom stereocenters. The van der Waals surface area contributed by atoms with Gasteiger partial charge < -0.3 is 0 Å². The number of H-pyrrole nitrogens is 1. The topological polar surface area (TPSA) is 37.8 Å². The Hall–Kier alpha value is -2.20. The predicted molar refractivity (Wildman–Crippen MR) is 81.4 cm³/mol. The van der Waals surface area contributed by atoms with Crippen LogP contribution in [-0.4, -0.2) is 9.78 Å². The van der Waals surface area contributed by atoms with E-state index in [-0.39, 0.29) is 5.56 Å². The fourth-order valence-corrected chi connectivity index (χ4v) is 3.60. The number of rotatable bonds is 1. The summed E-state index contributed by atoms with van der Waals surface area (Å²) < 4.78 is 1.62. The zero-order valence-electron chi connectivity index (χ0n) is 10.7. The largest absolute Gasteiger partial charge is 0.289 e. The van der Waals surface area contributed by atoms with Gasteiger partial charge in [-0.2, -0.15) is 0 Å². The molecule has 0 bridgehead atoms. The van der Waals surface area contributed by atoms with Gasteiger partial charge in [-0.1, -0.05) is 42.5 Å². The summed E-state index contributed by atoms with van der Waals surface area (Å²) in [6, 6.07) is 17.9. The number of nitrogens with zero attached hydrogens (tertiary/aromatic N) is 1. The van der Waals surface area contributed by atoms with Gasteiger partial charge in [-0.25, -0.2) is 4.68 Å². The summed E-state index contributed by atoms with van der Waals surface area (Å²) in [7, 11) is 0. The summed E-state index contributed by atoms with van der Waals surface area (Å²) in [5, 5.41) is 3.26. The van der Waals surface area contributed by atoms with E-state index in [1.54, 1.807) is 16.4 Å². The number of aromatic amines is 1. The van der Waals surface area contributed by atoms with Crippen molar-refractivity contribution in [2.75, 3.05) is 0 Å². The van der Waals surface area contributed by atoms with Gasteiger partial charge >= 0.3 is 0 Å². The van der Waals surface area contributed by atoms with Crippen LogP contribution in [0.3, 0.4) is 0 Å². The number of hydrogen-bond acceptors (Lipinski definition) is 2. The highest BCUT2D eigenvalue weighted by Gasteiger charge is 2.23. The molecule has 0 aliphatic carbocycles. The Balaban J connectivity index is 1.97. The monoisotopic (exact) mass is 280 g/mol. The van der Waals surface area contributed by atoms with Crippen LogP contribution in [-0.2, 0) is 5.75 Å². The van der Waals surface area contributed by atoms with E-state index < -0.39 is 0 Å². The second kappa shape index (κ2) is 4.42. The van der Waals surface area contributed by atoms with Crippen LogP contribution >= 0.6 is 11.8 Å². The molecule has 1 N–H and O–H groups in total. The van der Waals surface area contributed by atoms with Gasteiger partial charge in [0.05, 0.1) is 11.4 Å². The van der Waals surface area contributed by atoms with Crippen molar-refractivity contribution in [2.24, 2.45) is 0 Å². The molecule has 1 aromatic heterocycles. The number of para-hydroxylation sites is 1. The van der Waals surface area contributed by atoms with Crippen LogP contribution in [0.25, 0.3) is 16.9 Å². The summed E-state index contributed by atoms with van der Waals surface area (Å²) in [5.41, 5.74) is 4.24. The lowest BCUT2D eigenvalue weighted by atomic mass is 10.1. The molecule has 1 aliphatic heterocycles. The first-order valence-corrected chi connectivity index (χ1v) is 7.44. The van der Waals surface area contributed by atoms with Crippen LogP contribution in [0.4, 0.5) is 0 Å². The van der Waals surface area contributed by atoms with Gasteiger partial charge in [-0.3, -0.25) is 9.89 Å². The van der Waals surface area contributed by atoms with Crippen molar-refractivity contribution in [3.63, 3.8) is 0 Å². The smallest absolute Gasteiger partial charge is 0.285 e. The van der Waals surface area contributed by atoms with Crippen LogP contribution in [0, 0.1) is 0 Å². The summed E-state index contributed by atoms with van der Waals surface area (Å²) in [4.78, 5) is 13.3. The number of hydrogen-bond donors (Lipinski definition) is 1. The Morgan fingerprint density at radius 2 is 1.75 bits per heavy atom. The standard InChI is InChI=1S/C16H12N2OS/c19-16-15-14(13-9-5-4-6-11(13)10-20-15)17-18(16)12-7-2-1-3-8-12/h1-9,17H,10H2. The number of aromatic nitrogens is 2. The highest BCUT2D eigenvalue weighted by molar-refractivity contribution is 7.98. The Bertz CT molecular complexity index is 833. The van der Waals surface area contributed by atoms with Crippen molar-refractivity contribution in [3.05, 3.63) is 70.5 Å². The maximum atomic E-state index is 12.5. The third kappa shape index (κ3) is 1.65. The zero-order valence-corrected chi connectivity index (χ0v) is 11.5. The van der Waals surface area contributed by atoms with Crippen LogP contribution in [0.15, 0.2) is 64.3 Å². The minimum atomic E-state index is 0.0331. The Kier molecular flexibility index (Phi) is 2.57. The van der Waals surface area contributed by atoms with Gasteiger partial charge in [0.15, 0.2) is 0 Å². The lowest BCUT2D eigenvalue weighted by molar-refractivity contribution is 0.849. The lowest BCUT2D eigenvalue weighted by Crippen LogP contribution is -2.15. The minimum absolute atomic E-state index is 0.0331. The van der Waals surface area contributed by atoms with Crippen molar-refractivity contribution < 1.29 is 0 Å². The quantitative estimate of drug-likeness (QED) is 0.741. The first-order valence-electron chi connectivity index (χ1n) is 6.46. The van der Waals surface area contributed by atoms with Crippen molar-refractivity contribution in [1.29, 1.82) is 0 Å². The number of benzene rings is 2. The Labute approximate surface area is 120 Å². The molecule has 0 spiro atoms. The summed E-state index contributed by atoms with van der Waals surface area (Å²) in [6.45, 7) is 0. The molecule has 0 fully saturated rings. The molecule has 0 radical (unpaired) electrons. The Morgan fingerprint density at radius 1 is 1.00 bits per heavy atom. The summed E-state index contributed by atoms with van der Waals surface area (Å²) in [6.07, 6.45) is 0. The molecule has 2 aromatic carbocycles. The molecule has 0 saturated heterocycles. The van der Waals surface area contributed by atoms with Crippen LogP contribution < -0.4 is 5.56 Å². The highest BCUT2D eigenvalue weighted by Crippen LogP contribution is 2.38. The van der Waals surface area contributed by atoms with Crippen molar-refractivity contribution in [3.8, 4) is 16.9 Å². The molecule has 98 valence electrons. The second-order valence-electron chi connectivity index (χ2n) is 4.74. The van der Waals surface area contributed by atoms with E-state index in [1.807, 2.05) is 42.5 Å². The van der Waals surface area contributed by atoms with E-state index in [0.29, 0.717) is 0 Å². The molecule has 2 heterocycles. The highest BCUT2D eigenvalue weighted by atomic mass is 32.2. The fraction of sp³-hybridized carbons (Fsp3) is 0.0625. The maximum Gasteiger partial charge on any atom is 0.285 e. The average Bonchev–Trinajstić information content (AvgIpc) is 2.86. The third-order valence-electron chi connectivity index (χ3n) is 3.52. The molecular formula is C16H12N2OS. The van der Waals surface area contributed by atoms with E-state index >= 15 is 0 Å². The fourth-order valence-electron chi connectivity index (χ4n) is 2.54. The van der Waals surface area contributed by atoms with E-state index in [0.717, 1.165) is 27.6 Å². The van der Waals surface area contributed by atoms with Gasteiger partial charge in [0.2, 0.25) is 0 Å². The van der Waals surface area contributed by atoms with Crippen LogP contribution in [0.2, 0.25) is 0 Å². The lowest BCUT2D eigenvalue weighted by Gasteiger charge is -2.13. The second-order valence-corrected chi connectivity index (χ2v) is 5.72. The first-order chi connectivity index (χ1) is 9.84. The molecule has 3 nitrogen and oxygen atoms in total. The SMILES string of the molecule is O=c1c2c([nH]n1-c1ccccc1)-c1ccccc1CS2. The Morgan fingerprint density at radius 3 is 2.60 bits per heavy atom. The normalized spacial score (nSPS) is 12.8. The molecule has 0 unspecified atom stereocenters. The predicted octanol–water partition coefficient (Wildman–Crippen LogP) is 3.44. The van der Waals surface area contributed by atoms with Gasteiger partial charge in [0, 0.05) is 11.3 Å². The molecule has 0 saturated carbocycles. The van der Waals surface area contributed by atoms with E-state index in [4.69, 9.17) is 0 Å². The zero-order chi connectivity index (χ0) is 13.5. The number of thioether (sulfide) groups is 1. The van der Waals surface area contributed by atoms with Crippen molar-refractivity contribution >= 4 is 11.8 Å². The van der Waals surface area contributed by atoms with Gasteiger partial charge in [0.25, 0.3) is 5.56 Å². The molecule has 4 heteroatoms. The first kappa shape index (κ1) is 11.6. The van der Waals surface area contributed by atoms with Gasteiger partial charge in [0.1, 0.15) is 4.90 Å².